The van der Waals surface area contributed by atoms with Crippen LogP contribution in [0, 0.1) is 5.92 Å². The Kier molecular flexibility index (Phi) is 5.68. The Balaban J connectivity index is 1.82. The van der Waals surface area contributed by atoms with Crippen LogP contribution in [0.25, 0.3) is 5.69 Å². The van der Waals surface area contributed by atoms with Crippen LogP contribution in [0.15, 0.2) is 36.4 Å². The van der Waals surface area contributed by atoms with Crippen molar-refractivity contribution in [3.63, 3.8) is 0 Å². The van der Waals surface area contributed by atoms with Gasteiger partial charge in [0.05, 0.1) is 5.69 Å². The first kappa shape index (κ1) is 18.1. The fourth-order valence-corrected chi connectivity index (χ4v) is 3.58. The third-order valence-electron chi connectivity index (χ3n) is 4.98. The first-order valence-electron chi connectivity index (χ1n) is 9.06. The number of hydrogen-bond acceptors (Lipinski definition) is 4. The van der Waals surface area contributed by atoms with Crippen molar-refractivity contribution in [2.24, 2.45) is 17.4 Å². The van der Waals surface area contributed by atoms with Gasteiger partial charge in [-0.3, -0.25) is 9.59 Å². The molecular formula is C19H25N5O2. The Morgan fingerprint density at radius 2 is 1.88 bits per heavy atom. The third-order valence-corrected chi connectivity index (χ3v) is 4.98. The van der Waals surface area contributed by atoms with Crippen LogP contribution >= 0.6 is 0 Å². The number of carbonyl (C=O) groups excluding carboxylic acids is 2. The van der Waals surface area contributed by atoms with Gasteiger partial charge in [-0.15, -0.1) is 0 Å². The zero-order chi connectivity index (χ0) is 18.5. The SMILES string of the molecule is NCC(NC(=O)c1cc(C(N)=O)n(-c2ccccc2)n1)C1CCCCC1. The number of carbonyl (C=O) groups is 2. The number of para-hydroxylation sites is 1. The fraction of sp³-hybridized carbons (Fsp3) is 0.421. The minimum absolute atomic E-state index is 0.0818. The zero-order valence-corrected chi connectivity index (χ0v) is 14.7. The fourth-order valence-electron chi connectivity index (χ4n) is 3.58. The molecule has 7 nitrogen and oxygen atoms in total. The highest BCUT2D eigenvalue weighted by Gasteiger charge is 2.26. The Morgan fingerprint density at radius 1 is 1.19 bits per heavy atom. The van der Waals surface area contributed by atoms with E-state index in [1.165, 1.54) is 30.0 Å². The van der Waals surface area contributed by atoms with E-state index in [0.717, 1.165) is 12.8 Å². The first-order valence-corrected chi connectivity index (χ1v) is 9.06. The van der Waals surface area contributed by atoms with Crippen LogP contribution in [0.1, 0.15) is 53.1 Å². The highest BCUT2D eigenvalue weighted by Crippen LogP contribution is 2.26. The molecule has 1 fully saturated rings. The number of aromatic nitrogens is 2. The summed E-state index contributed by atoms with van der Waals surface area (Å²) in [6.07, 6.45) is 5.74. The molecule has 7 heteroatoms. The molecule has 2 aromatic rings. The molecule has 1 aromatic heterocycles. The van der Waals surface area contributed by atoms with Crippen LogP contribution in [0.4, 0.5) is 0 Å². The molecule has 26 heavy (non-hydrogen) atoms. The summed E-state index contributed by atoms with van der Waals surface area (Å²) < 4.78 is 1.40. The van der Waals surface area contributed by atoms with E-state index < -0.39 is 5.91 Å². The topological polar surface area (TPSA) is 116 Å². The highest BCUT2D eigenvalue weighted by molar-refractivity contribution is 5.97. The highest BCUT2D eigenvalue weighted by atomic mass is 16.2. The van der Waals surface area contributed by atoms with E-state index in [0.29, 0.717) is 18.2 Å². The monoisotopic (exact) mass is 355 g/mol. The maximum atomic E-state index is 12.7. The van der Waals surface area contributed by atoms with Crippen molar-refractivity contribution in [3.8, 4) is 5.69 Å². The lowest BCUT2D eigenvalue weighted by Crippen LogP contribution is -2.46. The average Bonchev–Trinajstić information content (AvgIpc) is 3.13. The second-order valence-corrected chi connectivity index (χ2v) is 6.74. The molecule has 3 rings (SSSR count). The summed E-state index contributed by atoms with van der Waals surface area (Å²) >= 11 is 0. The van der Waals surface area contributed by atoms with E-state index >= 15 is 0 Å². The van der Waals surface area contributed by atoms with Crippen molar-refractivity contribution >= 4 is 11.8 Å². The number of rotatable bonds is 6. The maximum Gasteiger partial charge on any atom is 0.272 e. The standard InChI is InChI=1S/C19H25N5O2/c20-12-16(13-7-3-1-4-8-13)22-19(26)15-11-17(18(21)25)24(23-15)14-9-5-2-6-10-14/h2,5-6,9-11,13,16H,1,3-4,7-8,12,20H2,(H2,21,25)(H,22,26). The minimum Gasteiger partial charge on any atom is -0.364 e. The molecule has 2 amide bonds. The van der Waals surface area contributed by atoms with Crippen molar-refractivity contribution in [1.29, 1.82) is 0 Å². The Bertz CT molecular complexity index is 765. The molecule has 1 aromatic carbocycles. The normalized spacial score (nSPS) is 16.2. The van der Waals surface area contributed by atoms with Gasteiger partial charge in [-0.25, -0.2) is 4.68 Å². The van der Waals surface area contributed by atoms with E-state index in [2.05, 4.69) is 10.4 Å². The predicted octanol–water partition coefficient (Wildman–Crippen LogP) is 1.61. The van der Waals surface area contributed by atoms with Gasteiger partial charge in [0.25, 0.3) is 11.8 Å². The molecule has 1 saturated carbocycles. The maximum absolute atomic E-state index is 12.7. The third kappa shape index (κ3) is 3.94. The van der Waals surface area contributed by atoms with Gasteiger partial charge in [0.1, 0.15) is 5.69 Å². The average molecular weight is 355 g/mol. The van der Waals surface area contributed by atoms with Gasteiger partial charge in [0.15, 0.2) is 5.69 Å². The molecule has 5 N–H and O–H groups in total. The van der Waals surface area contributed by atoms with Crippen LogP contribution in [0.5, 0.6) is 0 Å². The van der Waals surface area contributed by atoms with E-state index in [1.54, 1.807) is 12.1 Å². The van der Waals surface area contributed by atoms with Gasteiger partial charge >= 0.3 is 0 Å². The number of nitrogens with one attached hydrogen (secondary N) is 1. The minimum atomic E-state index is -0.636. The number of primary amides is 1. The van der Waals surface area contributed by atoms with E-state index in [4.69, 9.17) is 11.5 Å². The van der Waals surface area contributed by atoms with Crippen molar-refractivity contribution in [2.75, 3.05) is 6.54 Å². The number of nitrogens with two attached hydrogens (primary N) is 2. The van der Waals surface area contributed by atoms with Gasteiger partial charge in [-0.1, -0.05) is 37.5 Å². The van der Waals surface area contributed by atoms with Gasteiger partial charge in [0, 0.05) is 18.7 Å². The molecular weight excluding hydrogens is 330 g/mol. The van der Waals surface area contributed by atoms with Gasteiger partial charge in [-0.05, 0) is 30.9 Å². The van der Waals surface area contributed by atoms with Crippen LogP contribution in [0.2, 0.25) is 0 Å². The Morgan fingerprint density at radius 3 is 2.50 bits per heavy atom. The van der Waals surface area contributed by atoms with Crippen LogP contribution in [-0.2, 0) is 0 Å². The van der Waals surface area contributed by atoms with Gasteiger partial charge in [0.2, 0.25) is 0 Å². The molecule has 1 heterocycles. The van der Waals surface area contributed by atoms with Crippen molar-refractivity contribution in [3.05, 3.63) is 47.8 Å². The van der Waals surface area contributed by atoms with Crippen molar-refractivity contribution in [2.45, 2.75) is 38.1 Å². The first-order chi connectivity index (χ1) is 12.6. The molecule has 1 unspecified atom stereocenters. The number of nitrogens with zero attached hydrogens (tertiary/aromatic N) is 2. The molecule has 0 aliphatic heterocycles. The molecule has 0 spiro atoms. The lowest BCUT2D eigenvalue weighted by molar-refractivity contribution is 0.0909. The molecule has 1 atom stereocenters. The Labute approximate surface area is 152 Å². The summed E-state index contributed by atoms with van der Waals surface area (Å²) in [6.45, 7) is 0.387. The van der Waals surface area contributed by atoms with Gasteiger partial charge in [-0.2, -0.15) is 5.10 Å². The summed E-state index contributed by atoms with van der Waals surface area (Å²) in [7, 11) is 0. The van der Waals surface area contributed by atoms with E-state index in [9.17, 15) is 9.59 Å². The smallest absolute Gasteiger partial charge is 0.272 e. The summed E-state index contributed by atoms with van der Waals surface area (Å²) in [5.41, 5.74) is 12.4. The quantitative estimate of drug-likeness (QED) is 0.730. The number of amides is 2. The lowest BCUT2D eigenvalue weighted by Gasteiger charge is -2.29. The van der Waals surface area contributed by atoms with E-state index in [1.807, 2.05) is 18.2 Å². The number of hydrogen-bond donors (Lipinski definition) is 3. The Hall–Kier alpha value is -2.67. The lowest BCUT2D eigenvalue weighted by atomic mass is 9.84. The molecule has 0 bridgehead atoms. The molecule has 1 aliphatic rings. The second-order valence-electron chi connectivity index (χ2n) is 6.74. The van der Waals surface area contributed by atoms with Crippen LogP contribution < -0.4 is 16.8 Å². The predicted molar refractivity (Wildman–Crippen MR) is 99.0 cm³/mol. The molecule has 0 radical (unpaired) electrons. The summed E-state index contributed by atoms with van der Waals surface area (Å²) in [4.78, 5) is 24.4. The molecule has 0 saturated heterocycles. The molecule has 138 valence electrons. The van der Waals surface area contributed by atoms with E-state index in [-0.39, 0.29) is 23.3 Å². The van der Waals surface area contributed by atoms with Crippen LogP contribution in [-0.4, -0.2) is 34.2 Å². The van der Waals surface area contributed by atoms with Crippen molar-refractivity contribution < 1.29 is 9.59 Å². The van der Waals surface area contributed by atoms with Crippen molar-refractivity contribution in [1.82, 2.24) is 15.1 Å². The summed E-state index contributed by atoms with van der Waals surface area (Å²) in [5.74, 6) is -0.573. The van der Waals surface area contributed by atoms with Crippen LogP contribution in [0.3, 0.4) is 0 Å². The molecule has 1 aliphatic carbocycles. The number of benzene rings is 1. The zero-order valence-electron chi connectivity index (χ0n) is 14.7. The second kappa shape index (κ2) is 8.14. The van der Waals surface area contributed by atoms with Gasteiger partial charge < -0.3 is 16.8 Å². The summed E-state index contributed by atoms with van der Waals surface area (Å²) in [6, 6.07) is 10.5. The largest absolute Gasteiger partial charge is 0.364 e. The summed E-state index contributed by atoms with van der Waals surface area (Å²) in [5, 5.41) is 7.29.